The molecule has 0 fully saturated rings. The fourth-order valence-electron chi connectivity index (χ4n) is 3.77. The van der Waals surface area contributed by atoms with Crippen LogP contribution in [0.25, 0.3) is 0 Å². The maximum Gasteiger partial charge on any atom is 0.339 e. The van der Waals surface area contributed by atoms with Crippen molar-refractivity contribution in [3.63, 3.8) is 0 Å². The highest BCUT2D eigenvalue weighted by Crippen LogP contribution is 2.38. The molecule has 1 aliphatic heterocycles. The van der Waals surface area contributed by atoms with E-state index in [0.29, 0.717) is 0 Å². The topological polar surface area (TPSA) is 181 Å². The highest BCUT2D eigenvalue weighted by atomic mass is 16.6. The molecule has 14 heteroatoms. The number of hydrogen-bond acceptors (Lipinski definition) is 12. The van der Waals surface area contributed by atoms with Gasteiger partial charge in [0.15, 0.2) is 11.4 Å². The molecule has 2 N–H and O–H groups in total. The second-order valence-corrected chi connectivity index (χ2v) is 9.76. The minimum Gasteiger partial charge on any atom is -0.491 e. The molecule has 0 amide bonds. The zero-order valence-corrected chi connectivity index (χ0v) is 23.2. The molecule has 0 radical (unpaired) electrons. The predicted molar refractivity (Wildman–Crippen MR) is 149 cm³/mol. The summed E-state index contributed by atoms with van der Waals surface area (Å²) in [5.41, 5.74) is -1.48. The van der Waals surface area contributed by atoms with Crippen LogP contribution in [0.1, 0.15) is 54.8 Å². The number of anilines is 2. The monoisotopic (exact) mass is 572 g/mol. The smallest absolute Gasteiger partial charge is 0.339 e. The van der Waals surface area contributed by atoms with Crippen LogP contribution in [0.15, 0.2) is 36.4 Å². The number of carbonyl (C=O) groups is 2. The van der Waals surface area contributed by atoms with Crippen molar-refractivity contribution in [3.8, 4) is 11.5 Å². The van der Waals surface area contributed by atoms with E-state index in [1.807, 2.05) is 0 Å². The Bertz CT molecular complexity index is 1350. The molecule has 2 aromatic carbocycles. The van der Waals surface area contributed by atoms with E-state index < -0.39 is 27.4 Å². The van der Waals surface area contributed by atoms with Crippen LogP contribution in [0.3, 0.4) is 0 Å². The SMILES string of the molecule is CCOC(=O)c1cc2c(c([N+](=O)[O-])c1)NC/C=C/CNc1c(cc(C(=O)OC(C)(C)C)cc1[N+](=O)[O-])OCCCO2. The summed E-state index contributed by atoms with van der Waals surface area (Å²) in [5, 5.41) is 29.6. The molecular formula is C27H32N4O10. The lowest BCUT2D eigenvalue weighted by Crippen LogP contribution is -2.24. The van der Waals surface area contributed by atoms with Gasteiger partial charge >= 0.3 is 11.9 Å². The third-order valence-electron chi connectivity index (χ3n) is 5.47. The lowest BCUT2D eigenvalue weighted by molar-refractivity contribution is -0.384. The molecule has 0 bridgehead atoms. The predicted octanol–water partition coefficient (Wildman–Crippen LogP) is 4.88. The number of nitro benzene ring substituents is 2. The average Bonchev–Trinajstić information content (AvgIpc) is 2.89. The van der Waals surface area contributed by atoms with Gasteiger partial charge in [-0.05, 0) is 39.8 Å². The maximum atomic E-state index is 12.7. The zero-order chi connectivity index (χ0) is 30.2. The highest BCUT2D eigenvalue weighted by molar-refractivity contribution is 5.94. The van der Waals surface area contributed by atoms with Crippen molar-refractivity contribution in [2.75, 3.05) is 43.5 Å². The third-order valence-corrected chi connectivity index (χ3v) is 5.47. The first-order valence-corrected chi connectivity index (χ1v) is 12.8. The van der Waals surface area contributed by atoms with Crippen LogP contribution in [0.5, 0.6) is 11.5 Å². The summed E-state index contributed by atoms with van der Waals surface area (Å²) in [6.07, 6.45) is 3.56. The second-order valence-electron chi connectivity index (χ2n) is 9.76. The molecule has 1 heterocycles. The molecule has 41 heavy (non-hydrogen) atoms. The van der Waals surface area contributed by atoms with Gasteiger partial charge in [0.2, 0.25) is 0 Å². The lowest BCUT2D eigenvalue weighted by Gasteiger charge is -2.20. The summed E-state index contributed by atoms with van der Waals surface area (Å²) < 4.78 is 22.0. The molecule has 2 aromatic rings. The van der Waals surface area contributed by atoms with E-state index in [-0.39, 0.29) is 84.7 Å². The van der Waals surface area contributed by atoms with Crippen LogP contribution < -0.4 is 20.1 Å². The van der Waals surface area contributed by atoms with E-state index in [4.69, 9.17) is 18.9 Å². The molecule has 14 nitrogen and oxygen atoms in total. The molecule has 0 aliphatic carbocycles. The maximum absolute atomic E-state index is 12.7. The Hall–Kier alpha value is -4.88. The Morgan fingerprint density at radius 3 is 1.73 bits per heavy atom. The highest BCUT2D eigenvalue weighted by Gasteiger charge is 2.27. The van der Waals surface area contributed by atoms with Crippen LogP contribution in [0, 0.1) is 20.2 Å². The van der Waals surface area contributed by atoms with Crippen molar-refractivity contribution in [3.05, 3.63) is 67.8 Å². The van der Waals surface area contributed by atoms with Crippen molar-refractivity contribution < 1.29 is 38.4 Å². The average molecular weight is 573 g/mol. The van der Waals surface area contributed by atoms with Gasteiger partial charge in [0.1, 0.15) is 17.1 Å². The Morgan fingerprint density at radius 2 is 1.32 bits per heavy atom. The van der Waals surface area contributed by atoms with Crippen molar-refractivity contribution in [1.82, 2.24) is 0 Å². The molecular weight excluding hydrogens is 540 g/mol. The summed E-state index contributed by atoms with van der Waals surface area (Å²) in [5.74, 6) is -1.33. The van der Waals surface area contributed by atoms with Crippen molar-refractivity contribution in [2.24, 2.45) is 0 Å². The van der Waals surface area contributed by atoms with Crippen LogP contribution in [0.2, 0.25) is 0 Å². The number of hydrogen-bond donors (Lipinski definition) is 2. The Labute approximate surface area is 235 Å². The first-order chi connectivity index (χ1) is 19.4. The van der Waals surface area contributed by atoms with Crippen molar-refractivity contribution >= 4 is 34.7 Å². The first-order valence-electron chi connectivity index (χ1n) is 12.8. The van der Waals surface area contributed by atoms with E-state index in [0.717, 1.165) is 12.1 Å². The number of ether oxygens (including phenoxy) is 4. The summed E-state index contributed by atoms with van der Waals surface area (Å²) in [6, 6.07) is 4.98. The quantitative estimate of drug-likeness (QED) is 0.215. The lowest BCUT2D eigenvalue weighted by atomic mass is 10.1. The summed E-state index contributed by atoms with van der Waals surface area (Å²) in [4.78, 5) is 47.5. The van der Waals surface area contributed by atoms with E-state index in [2.05, 4.69) is 10.6 Å². The van der Waals surface area contributed by atoms with Gasteiger partial charge in [-0.3, -0.25) is 20.2 Å². The third kappa shape index (κ3) is 8.30. The zero-order valence-electron chi connectivity index (χ0n) is 23.2. The number of nitrogens with one attached hydrogen (secondary N) is 2. The van der Waals surface area contributed by atoms with Crippen LogP contribution >= 0.6 is 0 Å². The number of carbonyl (C=O) groups excluding carboxylic acids is 2. The van der Waals surface area contributed by atoms with Crippen molar-refractivity contribution in [2.45, 2.75) is 39.7 Å². The van der Waals surface area contributed by atoms with Gasteiger partial charge in [0.05, 0.1) is 40.8 Å². The van der Waals surface area contributed by atoms with Crippen LogP contribution in [0.4, 0.5) is 22.7 Å². The molecule has 3 rings (SSSR count). The molecule has 0 aromatic heterocycles. The Kier molecular flexibility index (Phi) is 10.1. The van der Waals surface area contributed by atoms with Gasteiger partial charge in [-0.15, -0.1) is 0 Å². The molecule has 220 valence electrons. The summed E-state index contributed by atoms with van der Waals surface area (Å²) >= 11 is 0. The largest absolute Gasteiger partial charge is 0.491 e. The molecule has 0 spiro atoms. The van der Waals surface area contributed by atoms with Gasteiger partial charge in [0, 0.05) is 31.6 Å². The number of rotatable bonds is 5. The number of benzene rings is 2. The van der Waals surface area contributed by atoms with E-state index in [1.165, 1.54) is 12.1 Å². The normalized spacial score (nSPS) is 14.5. The molecule has 1 aliphatic rings. The number of nitrogens with zero attached hydrogens (tertiary/aromatic N) is 2. The molecule has 0 saturated heterocycles. The minimum atomic E-state index is -0.815. The number of esters is 2. The van der Waals surface area contributed by atoms with Crippen LogP contribution in [-0.4, -0.2) is 60.3 Å². The van der Waals surface area contributed by atoms with E-state index in [9.17, 15) is 29.8 Å². The van der Waals surface area contributed by atoms with Crippen LogP contribution in [-0.2, 0) is 9.47 Å². The molecule has 0 atom stereocenters. The summed E-state index contributed by atoms with van der Waals surface area (Å²) in [6.45, 7) is 7.07. The minimum absolute atomic E-state index is 0.0157. The standard InChI is InChI=1S/C27H32N4O10/c1-5-38-25(32)17-13-19(30(34)35)23-21(15-17)39-11-8-12-40-22-16-18(26(33)41-27(2,3)4)14-20(31(36)37)24(22)29-10-7-6-9-28-23/h6-7,13-16,28-29H,5,8-12H2,1-4H3/b7-6+. The van der Waals surface area contributed by atoms with Gasteiger partial charge < -0.3 is 29.6 Å². The molecule has 0 saturated carbocycles. The fraction of sp³-hybridized carbons (Fsp3) is 0.407. The summed E-state index contributed by atoms with van der Waals surface area (Å²) in [7, 11) is 0. The number of fused-ring (bicyclic) bond motifs is 2. The number of nitro groups is 2. The van der Waals surface area contributed by atoms with Gasteiger partial charge in [-0.2, -0.15) is 0 Å². The molecule has 0 unspecified atom stereocenters. The van der Waals surface area contributed by atoms with Gasteiger partial charge in [0.25, 0.3) is 11.4 Å². The second kappa shape index (κ2) is 13.5. The van der Waals surface area contributed by atoms with Gasteiger partial charge in [-0.1, -0.05) is 12.2 Å². The van der Waals surface area contributed by atoms with Crippen molar-refractivity contribution in [1.29, 1.82) is 0 Å². The fourth-order valence-corrected chi connectivity index (χ4v) is 3.77. The Morgan fingerprint density at radius 1 is 0.854 bits per heavy atom. The first kappa shape index (κ1) is 30.7. The van der Waals surface area contributed by atoms with E-state index >= 15 is 0 Å². The van der Waals surface area contributed by atoms with Gasteiger partial charge in [-0.25, -0.2) is 9.59 Å². The van der Waals surface area contributed by atoms with E-state index in [1.54, 1.807) is 39.8 Å². The Balaban J connectivity index is 1.94.